The van der Waals surface area contributed by atoms with Gasteiger partial charge in [-0.1, -0.05) is 23.9 Å². The molecular weight excluding hydrogens is 238 g/mol. The van der Waals surface area contributed by atoms with Crippen molar-refractivity contribution in [2.75, 3.05) is 11.5 Å². The van der Waals surface area contributed by atoms with E-state index in [0.29, 0.717) is 22.6 Å². The first-order valence-electron chi connectivity index (χ1n) is 5.11. The smallest absolute Gasteiger partial charge is 0.276 e. The van der Waals surface area contributed by atoms with Crippen molar-refractivity contribution in [2.24, 2.45) is 0 Å². The van der Waals surface area contributed by atoms with Crippen LogP contribution in [0.3, 0.4) is 0 Å². The van der Waals surface area contributed by atoms with E-state index in [1.807, 2.05) is 0 Å². The zero-order valence-electron chi connectivity index (χ0n) is 9.33. The quantitative estimate of drug-likeness (QED) is 0.636. The number of aliphatic hydroxyl groups excluding tert-OH is 1. The number of nitrogens with zero attached hydrogens (tertiary/aromatic N) is 2. The van der Waals surface area contributed by atoms with Gasteiger partial charge in [0, 0.05) is 18.4 Å². The number of thioether (sulfide) groups is 1. The average Bonchev–Trinajstić information content (AvgIpc) is 2.73. The van der Waals surface area contributed by atoms with Gasteiger partial charge in [0.2, 0.25) is 5.89 Å². The van der Waals surface area contributed by atoms with E-state index in [1.54, 1.807) is 31.2 Å². The lowest BCUT2D eigenvalue weighted by molar-refractivity contribution is 0.203. The van der Waals surface area contributed by atoms with Crippen LogP contribution in [0.15, 0.2) is 33.9 Å². The summed E-state index contributed by atoms with van der Waals surface area (Å²) in [5, 5.41) is 18.0. The Balaban J connectivity index is 1.93. The number of aryl methyl sites for hydroxylation is 1. The molecule has 0 aliphatic heterocycles. The molecule has 0 aliphatic rings. The fraction of sp³-hybridized carbons (Fsp3) is 0.273. The molecule has 1 atom stereocenters. The highest BCUT2D eigenvalue weighted by Gasteiger charge is 2.10. The summed E-state index contributed by atoms with van der Waals surface area (Å²) in [6, 6.07) is 7.14. The molecule has 17 heavy (non-hydrogen) atoms. The SMILES string of the molecule is Cc1nnc(SCC(O)c2ccc(N)cc2)o1. The summed E-state index contributed by atoms with van der Waals surface area (Å²) in [6.45, 7) is 1.73. The van der Waals surface area contributed by atoms with Gasteiger partial charge in [0.25, 0.3) is 5.22 Å². The summed E-state index contributed by atoms with van der Waals surface area (Å²) < 4.78 is 5.20. The van der Waals surface area contributed by atoms with Gasteiger partial charge in [-0.15, -0.1) is 10.2 Å². The van der Waals surface area contributed by atoms with Gasteiger partial charge in [-0.25, -0.2) is 0 Å². The second-order valence-corrected chi connectivity index (χ2v) is 4.55. The van der Waals surface area contributed by atoms with Crippen LogP contribution in [0.1, 0.15) is 17.6 Å². The van der Waals surface area contributed by atoms with Crippen molar-refractivity contribution in [1.29, 1.82) is 0 Å². The summed E-state index contributed by atoms with van der Waals surface area (Å²) >= 11 is 1.33. The molecule has 0 fully saturated rings. The van der Waals surface area contributed by atoms with Crippen LogP contribution in [0, 0.1) is 6.92 Å². The van der Waals surface area contributed by atoms with Gasteiger partial charge in [-0.05, 0) is 17.7 Å². The Kier molecular flexibility index (Phi) is 3.65. The molecule has 5 nitrogen and oxygen atoms in total. The van der Waals surface area contributed by atoms with Crippen LogP contribution in [-0.2, 0) is 0 Å². The Labute approximate surface area is 103 Å². The molecule has 0 saturated heterocycles. The molecule has 2 rings (SSSR count). The fourth-order valence-corrected chi connectivity index (χ4v) is 2.07. The first-order chi connectivity index (χ1) is 8.15. The Bertz CT molecular complexity index is 484. The summed E-state index contributed by atoms with van der Waals surface area (Å²) in [6.07, 6.45) is -0.576. The van der Waals surface area contributed by atoms with Gasteiger partial charge in [-0.2, -0.15) is 0 Å². The normalized spacial score (nSPS) is 12.6. The second kappa shape index (κ2) is 5.20. The highest BCUT2D eigenvalue weighted by Crippen LogP contribution is 2.24. The molecular formula is C11H13N3O2S. The molecule has 1 unspecified atom stereocenters. The maximum absolute atomic E-state index is 9.93. The van der Waals surface area contributed by atoms with Gasteiger partial charge in [-0.3, -0.25) is 0 Å². The first-order valence-corrected chi connectivity index (χ1v) is 6.10. The van der Waals surface area contributed by atoms with E-state index in [4.69, 9.17) is 10.2 Å². The summed E-state index contributed by atoms with van der Waals surface area (Å²) in [7, 11) is 0. The minimum absolute atomic E-state index is 0.464. The van der Waals surface area contributed by atoms with E-state index < -0.39 is 6.10 Å². The third-order valence-electron chi connectivity index (χ3n) is 2.19. The Morgan fingerprint density at radius 1 is 1.35 bits per heavy atom. The average molecular weight is 251 g/mol. The van der Waals surface area contributed by atoms with Crippen molar-refractivity contribution in [1.82, 2.24) is 10.2 Å². The highest BCUT2D eigenvalue weighted by molar-refractivity contribution is 7.99. The van der Waals surface area contributed by atoms with Crippen molar-refractivity contribution in [2.45, 2.75) is 18.3 Å². The molecule has 0 bridgehead atoms. The first kappa shape index (κ1) is 11.9. The maximum atomic E-state index is 9.93. The van der Waals surface area contributed by atoms with Crippen LogP contribution in [-0.4, -0.2) is 21.1 Å². The maximum Gasteiger partial charge on any atom is 0.276 e. The van der Waals surface area contributed by atoms with Gasteiger partial charge in [0.15, 0.2) is 0 Å². The molecule has 0 radical (unpaired) electrons. The van der Waals surface area contributed by atoms with Crippen molar-refractivity contribution in [3.8, 4) is 0 Å². The van der Waals surface area contributed by atoms with Gasteiger partial charge in [0.1, 0.15) is 0 Å². The third kappa shape index (κ3) is 3.21. The monoisotopic (exact) mass is 251 g/mol. The number of anilines is 1. The van der Waals surface area contributed by atoms with Crippen molar-refractivity contribution < 1.29 is 9.52 Å². The lowest BCUT2D eigenvalue weighted by Crippen LogP contribution is -2.00. The van der Waals surface area contributed by atoms with Gasteiger partial charge < -0.3 is 15.3 Å². The van der Waals surface area contributed by atoms with E-state index >= 15 is 0 Å². The van der Waals surface area contributed by atoms with Crippen molar-refractivity contribution in [3.63, 3.8) is 0 Å². The molecule has 90 valence electrons. The lowest BCUT2D eigenvalue weighted by Gasteiger charge is -2.09. The predicted octanol–water partition coefficient (Wildman–Crippen LogP) is 1.79. The third-order valence-corrected chi connectivity index (χ3v) is 3.09. The zero-order chi connectivity index (χ0) is 12.3. The van der Waals surface area contributed by atoms with Crippen LogP contribution >= 0.6 is 11.8 Å². The second-order valence-electron chi connectivity index (χ2n) is 3.58. The number of hydrogen-bond donors (Lipinski definition) is 2. The molecule has 6 heteroatoms. The van der Waals surface area contributed by atoms with E-state index in [-0.39, 0.29) is 0 Å². The number of nitrogens with two attached hydrogens (primary N) is 1. The van der Waals surface area contributed by atoms with Crippen LogP contribution in [0.4, 0.5) is 5.69 Å². The fourth-order valence-electron chi connectivity index (χ4n) is 1.30. The van der Waals surface area contributed by atoms with Gasteiger partial charge in [0.05, 0.1) is 6.10 Å². The molecule has 0 saturated carbocycles. The van der Waals surface area contributed by atoms with Crippen LogP contribution in [0.2, 0.25) is 0 Å². The number of aromatic nitrogens is 2. The molecule has 1 heterocycles. The summed E-state index contributed by atoms with van der Waals surface area (Å²) in [5.74, 6) is 0.987. The molecule has 1 aromatic carbocycles. The largest absolute Gasteiger partial charge is 0.416 e. The minimum atomic E-state index is -0.576. The lowest BCUT2D eigenvalue weighted by atomic mass is 10.1. The van der Waals surface area contributed by atoms with Crippen LogP contribution in [0.5, 0.6) is 0 Å². The molecule has 2 aromatic rings. The molecule has 1 aromatic heterocycles. The van der Waals surface area contributed by atoms with E-state index in [1.165, 1.54) is 11.8 Å². The van der Waals surface area contributed by atoms with Crippen molar-refractivity contribution in [3.05, 3.63) is 35.7 Å². The number of hydrogen-bond acceptors (Lipinski definition) is 6. The Morgan fingerprint density at radius 3 is 2.65 bits per heavy atom. The molecule has 0 amide bonds. The standard InChI is InChI=1S/C11H13N3O2S/c1-7-13-14-11(16-7)17-6-10(15)8-2-4-9(12)5-3-8/h2-5,10,15H,6,12H2,1H3. The Hall–Kier alpha value is -1.53. The van der Waals surface area contributed by atoms with E-state index in [9.17, 15) is 5.11 Å². The van der Waals surface area contributed by atoms with Crippen LogP contribution < -0.4 is 5.73 Å². The zero-order valence-corrected chi connectivity index (χ0v) is 10.1. The Morgan fingerprint density at radius 2 is 2.06 bits per heavy atom. The number of nitrogen functional groups attached to an aromatic ring is 1. The van der Waals surface area contributed by atoms with E-state index in [2.05, 4.69) is 10.2 Å². The van der Waals surface area contributed by atoms with Crippen molar-refractivity contribution >= 4 is 17.4 Å². The molecule has 0 aliphatic carbocycles. The topological polar surface area (TPSA) is 85.2 Å². The number of benzene rings is 1. The molecule has 0 spiro atoms. The van der Waals surface area contributed by atoms with E-state index in [0.717, 1.165) is 5.56 Å². The van der Waals surface area contributed by atoms with Gasteiger partial charge >= 0.3 is 0 Å². The number of rotatable bonds is 4. The highest BCUT2D eigenvalue weighted by atomic mass is 32.2. The predicted molar refractivity (Wildman–Crippen MR) is 65.6 cm³/mol. The summed E-state index contributed by atoms with van der Waals surface area (Å²) in [4.78, 5) is 0. The minimum Gasteiger partial charge on any atom is -0.416 e. The van der Waals surface area contributed by atoms with Crippen LogP contribution in [0.25, 0.3) is 0 Å². The molecule has 3 N–H and O–H groups in total. The summed E-state index contributed by atoms with van der Waals surface area (Å²) in [5.41, 5.74) is 7.08. The number of aliphatic hydroxyl groups is 1.